The number of hydrogen-bond acceptors (Lipinski definition) is 4. The summed E-state index contributed by atoms with van der Waals surface area (Å²) in [6.45, 7) is 3.92. The average Bonchev–Trinajstić information content (AvgIpc) is 2.76. The van der Waals surface area contributed by atoms with Crippen LogP contribution in [-0.4, -0.2) is 41.8 Å². The van der Waals surface area contributed by atoms with E-state index < -0.39 is 12.0 Å². The van der Waals surface area contributed by atoms with Crippen LogP contribution in [0.15, 0.2) is 28.7 Å². The van der Waals surface area contributed by atoms with E-state index in [2.05, 4.69) is 0 Å². The van der Waals surface area contributed by atoms with Crippen LogP contribution in [0.2, 0.25) is 0 Å². The lowest BCUT2D eigenvalue weighted by atomic mass is 10.1. The molecule has 1 fully saturated rings. The first-order valence-corrected chi connectivity index (χ1v) is 6.68. The average molecular weight is 275 g/mol. The van der Waals surface area contributed by atoms with Crippen LogP contribution in [0, 0.1) is 6.92 Å². The van der Waals surface area contributed by atoms with Gasteiger partial charge in [0, 0.05) is 24.0 Å². The molecule has 1 aliphatic rings. The second-order valence-corrected chi connectivity index (χ2v) is 5.03. The molecule has 20 heavy (non-hydrogen) atoms. The van der Waals surface area contributed by atoms with Crippen LogP contribution in [0.3, 0.4) is 0 Å². The molecule has 1 unspecified atom stereocenters. The number of furan rings is 1. The lowest BCUT2D eigenvalue weighted by molar-refractivity contribution is -0.150. The number of para-hydroxylation sites is 1. The van der Waals surface area contributed by atoms with Gasteiger partial charge in [-0.15, -0.1) is 0 Å². The Labute approximate surface area is 116 Å². The van der Waals surface area contributed by atoms with Crippen molar-refractivity contribution in [1.29, 1.82) is 0 Å². The molecule has 0 aliphatic carbocycles. The van der Waals surface area contributed by atoms with Gasteiger partial charge in [-0.2, -0.15) is 0 Å². The third kappa shape index (κ3) is 2.30. The number of hydrogen-bond donors (Lipinski definition) is 1. The standard InChI is InChI=1S/C15H17NO4/c1-10-12(11-4-2-3-5-14(11)20-10)8-16-6-7-19-9-13(16)15(17)18/h2-5,13H,6-9H2,1H3,(H,17,18). The first kappa shape index (κ1) is 13.1. The van der Waals surface area contributed by atoms with Gasteiger partial charge in [-0.3, -0.25) is 9.69 Å². The summed E-state index contributed by atoms with van der Waals surface area (Å²) in [5, 5.41) is 10.3. The van der Waals surface area contributed by atoms with Crippen LogP contribution < -0.4 is 0 Å². The van der Waals surface area contributed by atoms with E-state index in [-0.39, 0.29) is 6.61 Å². The summed E-state index contributed by atoms with van der Waals surface area (Å²) >= 11 is 0. The number of ether oxygens (including phenoxy) is 1. The van der Waals surface area contributed by atoms with Crippen molar-refractivity contribution in [3.8, 4) is 0 Å². The molecule has 1 N–H and O–H groups in total. The van der Waals surface area contributed by atoms with Gasteiger partial charge in [0.25, 0.3) is 0 Å². The lowest BCUT2D eigenvalue weighted by Gasteiger charge is -2.32. The highest BCUT2D eigenvalue weighted by molar-refractivity contribution is 5.82. The molecule has 1 saturated heterocycles. The minimum atomic E-state index is -0.838. The summed E-state index contributed by atoms with van der Waals surface area (Å²) in [5.41, 5.74) is 1.91. The summed E-state index contributed by atoms with van der Waals surface area (Å²) in [5.74, 6) is 0.0111. The lowest BCUT2D eigenvalue weighted by Crippen LogP contribution is -2.49. The third-order valence-electron chi connectivity index (χ3n) is 3.79. The van der Waals surface area contributed by atoms with Crippen LogP contribution in [0.1, 0.15) is 11.3 Å². The number of rotatable bonds is 3. The Hall–Kier alpha value is -1.85. The van der Waals surface area contributed by atoms with Crippen molar-refractivity contribution < 1.29 is 19.1 Å². The fraction of sp³-hybridized carbons (Fsp3) is 0.400. The number of carboxylic acid groups (broad SMARTS) is 1. The second kappa shape index (κ2) is 5.26. The van der Waals surface area contributed by atoms with Gasteiger partial charge in [-0.05, 0) is 13.0 Å². The minimum Gasteiger partial charge on any atom is -0.480 e. The van der Waals surface area contributed by atoms with Gasteiger partial charge in [0.05, 0.1) is 13.2 Å². The van der Waals surface area contributed by atoms with Gasteiger partial charge in [-0.25, -0.2) is 0 Å². The largest absolute Gasteiger partial charge is 0.480 e. The van der Waals surface area contributed by atoms with Crippen LogP contribution >= 0.6 is 0 Å². The minimum absolute atomic E-state index is 0.240. The molecule has 3 rings (SSSR count). The van der Waals surface area contributed by atoms with E-state index in [1.807, 2.05) is 36.1 Å². The molecule has 1 atom stereocenters. The zero-order valence-corrected chi connectivity index (χ0v) is 11.3. The van der Waals surface area contributed by atoms with Crippen LogP contribution in [0.25, 0.3) is 11.0 Å². The molecular formula is C15H17NO4. The van der Waals surface area contributed by atoms with Gasteiger partial charge in [-0.1, -0.05) is 18.2 Å². The predicted octanol–water partition coefficient (Wildman–Crippen LogP) is 2.03. The maximum Gasteiger partial charge on any atom is 0.323 e. The Balaban J connectivity index is 1.92. The van der Waals surface area contributed by atoms with Crippen LogP contribution in [-0.2, 0) is 16.1 Å². The molecule has 5 heteroatoms. The Kier molecular flexibility index (Phi) is 3.46. The van der Waals surface area contributed by atoms with Crippen molar-refractivity contribution in [1.82, 2.24) is 4.90 Å². The van der Waals surface area contributed by atoms with E-state index in [4.69, 9.17) is 9.15 Å². The highest BCUT2D eigenvalue weighted by Gasteiger charge is 2.30. The van der Waals surface area contributed by atoms with Gasteiger partial charge >= 0.3 is 5.97 Å². The quantitative estimate of drug-likeness (QED) is 0.928. The van der Waals surface area contributed by atoms with Crippen molar-refractivity contribution in [3.63, 3.8) is 0 Å². The normalized spacial score (nSPS) is 20.4. The van der Waals surface area contributed by atoms with Gasteiger partial charge in [0.15, 0.2) is 0 Å². The molecule has 0 bridgehead atoms. The molecule has 0 radical (unpaired) electrons. The number of carboxylic acids is 1. The summed E-state index contributed by atoms with van der Waals surface area (Å²) in [7, 11) is 0. The molecule has 5 nitrogen and oxygen atoms in total. The number of nitrogens with zero attached hydrogens (tertiary/aromatic N) is 1. The second-order valence-electron chi connectivity index (χ2n) is 5.03. The number of fused-ring (bicyclic) bond motifs is 1. The molecule has 106 valence electrons. The number of aryl methyl sites for hydroxylation is 1. The van der Waals surface area contributed by atoms with E-state index in [0.29, 0.717) is 19.7 Å². The van der Waals surface area contributed by atoms with E-state index in [1.54, 1.807) is 0 Å². The molecule has 2 aromatic rings. The van der Waals surface area contributed by atoms with E-state index in [0.717, 1.165) is 22.3 Å². The highest BCUT2D eigenvalue weighted by Crippen LogP contribution is 2.27. The first-order chi connectivity index (χ1) is 9.66. The Bertz CT molecular complexity index is 634. The number of morpholine rings is 1. The zero-order valence-electron chi connectivity index (χ0n) is 11.3. The topological polar surface area (TPSA) is 62.9 Å². The Morgan fingerprint density at radius 3 is 3.05 bits per heavy atom. The summed E-state index contributed by atoms with van der Waals surface area (Å²) in [6, 6.07) is 7.26. The van der Waals surface area contributed by atoms with Crippen molar-refractivity contribution in [2.45, 2.75) is 19.5 Å². The molecule has 2 heterocycles. The summed E-state index contributed by atoms with van der Waals surface area (Å²) in [4.78, 5) is 13.2. The molecule has 1 aromatic carbocycles. The third-order valence-corrected chi connectivity index (χ3v) is 3.79. The van der Waals surface area contributed by atoms with Gasteiger partial charge < -0.3 is 14.3 Å². The maximum absolute atomic E-state index is 11.3. The number of carbonyl (C=O) groups is 1. The molecule has 0 amide bonds. The highest BCUT2D eigenvalue weighted by atomic mass is 16.5. The number of benzene rings is 1. The van der Waals surface area contributed by atoms with Crippen molar-refractivity contribution >= 4 is 16.9 Å². The zero-order chi connectivity index (χ0) is 14.1. The van der Waals surface area contributed by atoms with Crippen molar-refractivity contribution in [2.24, 2.45) is 0 Å². The predicted molar refractivity (Wildman–Crippen MR) is 73.6 cm³/mol. The molecule has 1 aromatic heterocycles. The molecule has 0 spiro atoms. The Morgan fingerprint density at radius 2 is 2.25 bits per heavy atom. The smallest absolute Gasteiger partial charge is 0.323 e. The van der Waals surface area contributed by atoms with Crippen LogP contribution in [0.5, 0.6) is 0 Å². The van der Waals surface area contributed by atoms with E-state index in [1.165, 1.54) is 0 Å². The SMILES string of the molecule is Cc1oc2ccccc2c1CN1CCOCC1C(=O)O. The number of aliphatic carboxylic acids is 1. The van der Waals surface area contributed by atoms with Gasteiger partial charge in [0.2, 0.25) is 0 Å². The maximum atomic E-state index is 11.3. The molecule has 1 aliphatic heterocycles. The van der Waals surface area contributed by atoms with E-state index in [9.17, 15) is 9.90 Å². The molecular weight excluding hydrogens is 258 g/mol. The fourth-order valence-corrected chi connectivity index (χ4v) is 2.68. The van der Waals surface area contributed by atoms with Crippen LogP contribution in [0.4, 0.5) is 0 Å². The van der Waals surface area contributed by atoms with Crippen molar-refractivity contribution in [2.75, 3.05) is 19.8 Å². The monoisotopic (exact) mass is 275 g/mol. The first-order valence-electron chi connectivity index (χ1n) is 6.68. The fourth-order valence-electron chi connectivity index (χ4n) is 2.68. The molecule has 0 saturated carbocycles. The van der Waals surface area contributed by atoms with Gasteiger partial charge in [0.1, 0.15) is 17.4 Å². The van der Waals surface area contributed by atoms with E-state index >= 15 is 0 Å². The Morgan fingerprint density at radius 1 is 1.45 bits per heavy atom. The summed E-state index contributed by atoms with van der Waals surface area (Å²) in [6.07, 6.45) is 0. The summed E-state index contributed by atoms with van der Waals surface area (Å²) < 4.78 is 11.0. The van der Waals surface area contributed by atoms with Crippen molar-refractivity contribution in [3.05, 3.63) is 35.6 Å².